The van der Waals surface area contributed by atoms with Crippen LogP contribution in [0.25, 0.3) is 5.69 Å². The molecule has 0 atom stereocenters. The maximum Gasteiger partial charge on any atom is 0.283 e. The van der Waals surface area contributed by atoms with Crippen molar-refractivity contribution >= 4 is 23.2 Å². The van der Waals surface area contributed by atoms with E-state index < -0.39 is 12.1 Å². The van der Waals surface area contributed by atoms with Crippen LogP contribution in [0, 0.1) is 11.3 Å². The molecule has 0 bridgehead atoms. The molecule has 7 heteroatoms. The Kier molecular flexibility index (Phi) is 3.50. The van der Waals surface area contributed by atoms with Crippen LogP contribution in [-0.2, 0) is 0 Å². The standard InChI is InChI=1S/C11H5Cl2F2N3/c12-6-1-3-7(4-2-6)18-10(13)8(5-16)9(17-18)11(14)15/h1-4,11H. The molecule has 0 radical (unpaired) electrons. The summed E-state index contributed by atoms with van der Waals surface area (Å²) < 4.78 is 26.4. The zero-order chi connectivity index (χ0) is 13.3. The molecule has 1 heterocycles. The van der Waals surface area contributed by atoms with Crippen molar-refractivity contribution in [3.63, 3.8) is 0 Å². The van der Waals surface area contributed by atoms with Gasteiger partial charge < -0.3 is 0 Å². The van der Waals surface area contributed by atoms with E-state index in [0.29, 0.717) is 10.7 Å². The summed E-state index contributed by atoms with van der Waals surface area (Å²) in [4.78, 5) is 0. The fraction of sp³-hybridized carbons (Fsp3) is 0.0909. The molecule has 0 N–H and O–H groups in total. The van der Waals surface area contributed by atoms with Crippen molar-refractivity contribution in [2.45, 2.75) is 6.43 Å². The predicted octanol–water partition coefficient (Wildman–Crippen LogP) is 3.99. The molecule has 0 aliphatic carbocycles. The van der Waals surface area contributed by atoms with Gasteiger partial charge in [0.15, 0.2) is 5.15 Å². The maximum absolute atomic E-state index is 12.7. The van der Waals surface area contributed by atoms with Crippen molar-refractivity contribution < 1.29 is 8.78 Å². The predicted molar refractivity (Wildman–Crippen MR) is 63.3 cm³/mol. The lowest BCUT2D eigenvalue weighted by Crippen LogP contribution is -1.97. The van der Waals surface area contributed by atoms with Crippen LogP contribution in [0.15, 0.2) is 24.3 Å². The lowest BCUT2D eigenvalue weighted by Gasteiger charge is -2.02. The zero-order valence-electron chi connectivity index (χ0n) is 8.74. The minimum absolute atomic E-state index is 0.143. The van der Waals surface area contributed by atoms with Crippen molar-refractivity contribution in [2.24, 2.45) is 0 Å². The quantitative estimate of drug-likeness (QED) is 0.838. The first kappa shape index (κ1) is 12.8. The fourth-order valence-corrected chi connectivity index (χ4v) is 1.82. The second-order valence-corrected chi connectivity index (χ2v) is 4.15. The van der Waals surface area contributed by atoms with Gasteiger partial charge in [0.1, 0.15) is 17.3 Å². The van der Waals surface area contributed by atoms with E-state index in [1.807, 2.05) is 0 Å². The molecule has 2 rings (SSSR count). The Balaban J connectivity index is 2.59. The van der Waals surface area contributed by atoms with Crippen LogP contribution >= 0.6 is 23.2 Å². The van der Waals surface area contributed by atoms with Gasteiger partial charge in [0.25, 0.3) is 6.43 Å². The van der Waals surface area contributed by atoms with Crippen LogP contribution in [0.2, 0.25) is 10.2 Å². The Morgan fingerprint density at radius 2 is 1.83 bits per heavy atom. The summed E-state index contributed by atoms with van der Waals surface area (Å²) in [7, 11) is 0. The first-order valence-corrected chi connectivity index (χ1v) is 5.52. The molecule has 0 spiro atoms. The normalized spacial score (nSPS) is 10.7. The van der Waals surface area contributed by atoms with Crippen molar-refractivity contribution in [3.8, 4) is 11.8 Å². The highest BCUT2D eigenvalue weighted by Gasteiger charge is 2.23. The average Bonchev–Trinajstić information content (AvgIpc) is 2.67. The molecular formula is C11H5Cl2F2N3. The molecule has 1 aromatic heterocycles. The van der Waals surface area contributed by atoms with Crippen LogP contribution in [0.1, 0.15) is 17.7 Å². The van der Waals surface area contributed by atoms with Gasteiger partial charge in [0.05, 0.1) is 5.69 Å². The molecule has 0 fully saturated rings. The number of hydrogen-bond donors (Lipinski definition) is 0. The summed E-state index contributed by atoms with van der Waals surface area (Å²) in [6.07, 6.45) is -2.86. The largest absolute Gasteiger partial charge is 0.283 e. The number of benzene rings is 1. The van der Waals surface area contributed by atoms with Crippen molar-refractivity contribution in [2.75, 3.05) is 0 Å². The highest BCUT2D eigenvalue weighted by Crippen LogP contribution is 2.29. The number of alkyl halides is 2. The third kappa shape index (κ3) is 2.17. The molecule has 0 saturated carbocycles. The van der Waals surface area contributed by atoms with Gasteiger partial charge in [-0.15, -0.1) is 0 Å². The van der Waals surface area contributed by atoms with E-state index in [-0.39, 0.29) is 10.7 Å². The molecule has 0 saturated heterocycles. The Bertz CT molecular complexity index is 614. The van der Waals surface area contributed by atoms with Crippen molar-refractivity contribution in [1.29, 1.82) is 5.26 Å². The lowest BCUT2D eigenvalue weighted by atomic mass is 10.3. The van der Waals surface area contributed by atoms with Crippen LogP contribution in [-0.4, -0.2) is 9.78 Å². The van der Waals surface area contributed by atoms with Crippen LogP contribution in [0.5, 0.6) is 0 Å². The summed E-state index contributed by atoms with van der Waals surface area (Å²) in [5, 5.41) is 12.8. The van der Waals surface area contributed by atoms with Crippen LogP contribution in [0.3, 0.4) is 0 Å². The van der Waals surface area contributed by atoms with E-state index in [4.69, 9.17) is 28.5 Å². The van der Waals surface area contributed by atoms with Crippen LogP contribution < -0.4 is 0 Å². The second kappa shape index (κ2) is 4.92. The first-order valence-electron chi connectivity index (χ1n) is 4.77. The Morgan fingerprint density at radius 3 is 2.28 bits per heavy atom. The second-order valence-electron chi connectivity index (χ2n) is 3.35. The molecule has 0 aliphatic heterocycles. The Hall–Kier alpha value is -1.64. The van der Waals surface area contributed by atoms with E-state index in [2.05, 4.69) is 5.10 Å². The summed E-state index contributed by atoms with van der Waals surface area (Å²) in [5.74, 6) is 0. The molecule has 1 aromatic carbocycles. The highest BCUT2D eigenvalue weighted by molar-refractivity contribution is 6.31. The number of halogens is 4. The molecule has 18 heavy (non-hydrogen) atoms. The van der Waals surface area contributed by atoms with Gasteiger partial charge >= 0.3 is 0 Å². The van der Waals surface area contributed by atoms with Crippen molar-refractivity contribution in [1.82, 2.24) is 9.78 Å². The monoisotopic (exact) mass is 287 g/mol. The fourth-order valence-electron chi connectivity index (χ4n) is 1.42. The topological polar surface area (TPSA) is 41.6 Å². The Morgan fingerprint density at radius 1 is 1.22 bits per heavy atom. The molecule has 92 valence electrons. The van der Waals surface area contributed by atoms with E-state index in [0.717, 1.165) is 4.68 Å². The number of nitrogens with zero attached hydrogens (tertiary/aromatic N) is 3. The summed E-state index contributed by atoms with van der Waals surface area (Å²) >= 11 is 11.6. The van der Waals surface area contributed by atoms with Gasteiger partial charge in [-0.2, -0.15) is 10.4 Å². The average molecular weight is 288 g/mol. The maximum atomic E-state index is 12.7. The zero-order valence-corrected chi connectivity index (χ0v) is 10.3. The first-order chi connectivity index (χ1) is 8.54. The molecule has 2 aromatic rings. The van der Waals surface area contributed by atoms with Crippen molar-refractivity contribution in [3.05, 3.63) is 45.7 Å². The van der Waals surface area contributed by atoms with Gasteiger partial charge in [0, 0.05) is 5.02 Å². The molecule has 0 aliphatic rings. The van der Waals surface area contributed by atoms with E-state index in [1.165, 1.54) is 0 Å². The molecule has 3 nitrogen and oxygen atoms in total. The molecular weight excluding hydrogens is 283 g/mol. The summed E-state index contributed by atoms with van der Waals surface area (Å²) in [5.41, 5.74) is -0.494. The highest BCUT2D eigenvalue weighted by atomic mass is 35.5. The third-order valence-corrected chi connectivity index (χ3v) is 2.85. The van der Waals surface area contributed by atoms with Gasteiger partial charge in [-0.3, -0.25) is 0 Å². The number of aromatic nitrogens is 2. The number of nitriles is 1. The minimum Gasteiger partial charge on any atom is -0.220 e. The SMILES string of the molecule is N#Cc1c(C(F)F)nn(-c2ccc(Cl)cc2)c1Cl. The van der Waals surface area contributed by atoms with E-state index in [9.17, 15) is 8.78 Å². The van der Waals surface area contributed by atoms with E-state index in [1.54, 1.807) is 30.3 Å². The third-order valence-electron chi connectivity index (χ3n) is 2.25. The van der Waals surface area contributed by atoms with E-state index >= 15 is 0 Å². The van der Waals surface area contributed by atoms with Crippen LogP contribution in [0.4, 0.5) is 8.78 Å². The lowest BCUT2D eigenvalue weighted by molar-refractivity contribution is 0.145. The molecule has 0 amide bonds. The Labute approximate surface area is 111 Å². The minimum atomic E-state index is -2.86. The van der Waals surface area contributed by atoms with Gasteiger partial charge in [-0.05, 0) is 24.3 Å². The smallest absolute Gasteiger partial charge is 0.220 e. The van der Waals surface area contributed by atoms with Gasteiger partial charge in [0.2, 0.25) is 0 Å². The summed E-state index contributed by atoms with van der Waals surface area (Å²) in [6, 6.07) is 7.90. The number of hydrogen-bond acceptors (Lipinski definition) is 2. The summed E-state index contributed by atoms with van der Waals surface area (Å²) in [6.45, 7) is 0. The van der Waals surface area contributed by atoms with Gasteiger partial charge in [-0.25, -0.2) is 13.5 Å². The number of rotatable bonds is 2. The molecule has 0 unspecified atom stereocenters. The van der Waals surface area contributed by atoms with Gasteiger partial charge in [-0.1, -0.05) is 23.2 Å².